The Balaban J connectivity index is 2.36. The van der Waals surface area contributed by atoms with E-state index in [1.165, 1.54) is 7.11 Å². The lowest BCUT2D eigenvalue weighted by Crippen LogP contribution is -2.33. The van der Waals surface area contributed by atoms with Gasteiger partial charge in [0.15, 0.2) is 0 Å². The second-order valence-corrected chi connectivity index (χ2v) is 4.60. The van der Waals surface area contributed by atoms with Crippen molar-refractivity contribution >= 4 is 5.91 Å². The molecule has 2 aromatic rings. The molecule has 6 heteroatoms. The van der Waals surface area contributed by atoms with Gasteiger partial charge in [-0.15, -0.1) is 0 Å². The number of benzene rings is 1. The number of amides is 1. The molecule has 0 aliphatic heterocycles. The van der Waals surface area contributed by atoms with E-state index in [4.69, 9.17) is 9.84 Å². The maximum absolute atomic E-state index is 12.5. The molecule has 2 rings (SSSR count). The van der Waals surface area contributed by atoms with Crippen molar-refractivity contribution in [2.45, 2.75) is 6.92 Å². The summed E-state index contributed by atoms with van der Waals surface area (Å²) in [5, 5.41) is 9.04. The molecule has 1 aromatic carbocycles. The molecule has 1 amide bonds. The van der Waals surface area contributed by atoms with Crippen molar-refractivity contribution in [2.24, 2.45) is 0 Å². The van der Waals surface area contributed by atoms with E-state index in [9.17, 15) is 4.79 Å². The fourth-order valence-corrected chi connectivity index (χ4v) is 2.18. The molecule has 6 nitrogen and oxygen atoms in total. The second-order valence-electron chi connectivity index (χ2n) is 4.60. The standard InChI is InChI=1S/C16H19N3O3/c1-3-19(9-10-20)16(21)13-6-4-5-12(11-13)14-15(22-2)18-8-7-17-14/h4-8,11,20H,3,9-10H2,1-2H3. The number of aromatic nitrogens is 2. The quantitative estimate of drug-likeness (QED) is 0.877. The van der Waals surface area contributed by atoms with E-state index < -0.39 is 0 Å². The van der Waals surface area contributed by atoms with Gasteiger partial charge in [-0.2, -0.15) is 0 Å². The zero-order valence-electron chi connectivity index (χ0n) is 12.7. The van der Waals surface area contributed by atoms with Crippen LogP contribution in [-0.4, -0.2) is 52.7 Å². The molecule has 0 saturated heterocycles. The highest BCUT2D eigenvalue weighted by molar-refractivity contribution is 5.95. The number of likely N-dealkylation sites (N-methyl/N-ethyl adjacent to an activating group) is 1. The van der Waals surface area contributed by atoms with Crippen molar-refractivity contribution in [1.82, 2.24) is 14.9 Å². The topological polar surface area (TPSA) is 75.5 Å². The first-order chi connectivity index (χ1) is 10.7. The Labute approximate surface area is 129 Å². The maximum atomic E-state index is 12.5. The zero-order chi connectivity index (χ0) is 15.9. The molecule has 22 heavy (non-hydrogen) atoms. The Kier molecular flexibility index (Phi) is 5.43. The largest absolute Gasteiger partial charge is 0.479 e. The summed E-state index contributed by atoms with van der Waals surface area (Å²) in [5.74, 6) is 0.288. The summed E-state index contributed by atoms with van der Waals surface area (Å²) in [6.07, 6.45) is 3.13. The van der Waals surface area contributed by atoms with Gasteiger partial charge in [0, 0.05) is 36.6 Å². The van der Waals surface area contributed by atoms with Crippen molar-refractivity contribution in [3.8, 4) is 17.1 Å². The summed E-state index contributed by atoms with van der Waals surface area (Å²) in [7, 11) is 1.53. The van der Waals surface area contributed by atoms with Crippen LogP contribution in [0, 0.1) is 0 Å². The molecule has 1 N–H and O–H groups in total. The summed E-state index contributed by atoms with van der Waals surface area (Å²) in [5.41, 5.74) is 1.89. The van der Waals surface area contributed by atoms with Gasteiger partial charge in [0.25, 0.3) is 5.91 Å². The smallest absolute Gasteiger partial charge is 0.253 e. The van der Waals surface area contributed by atoms with E-state index in [1.807, 2.05) is 13.0 Å². The van der Waals surface area contributed by atoms with Crippen molar-refractivity contribution in [3.05, 3.63) is 42.2 Å². The number of methoxy groups -OCH3 is 1. The van der Waals surface area contributed by atoms with Gasteiger partial charge < -0.3 is 14.7 Å². The lowest BCUT2D eigenvalue weighted by Gasteiger charge is -2.20. The summed E-state index contributed by atoms with van der Waals surface area (Å²) in [6.45, 7) is 2.67. The molecule has 0 spiro atoms. The van der Waals surface area contributed by atoms with E-state index in [2.05, 4.69) is 9.97 Å². The molecule has 1 aromatic heterocycles. The number of hydrogen-bond acceptors (Lipinski definition) is 5. The van der Waals surface area contributed by atoms with Gasteiger partial charge in [-0.25, -0.2) is 9.97 Å². The third-order valence-electron chi connectivity index (χ3n) is 3.28. The van der Waals surface area contributed by atoms with Crippen molar-refractivity contribution < 1.29 is 14.6 Å². The van der Waals surface area contributed by atoms with Crippen LogP contribution >= 0.6 is 0 Å². The average Bonchev–Trinajstić information content (AvgIpc) is 2.59. The highest BCUT2D eigenvalue weighted by Crippen LogP contribution is 2.26. The third kappa shape index (κ3) is 3.40. The highest BCUT2D eigenvalue weighted by atomic mass is 16.5. The minimum Gasteiger partial charge on any atom is -0.479 e. The van der Waals surface area contributed by atoms with Crippen LogP contribution in [0.2, 0.25) is 0 Å². The Bertz CT molecular complexity index is 646. The maximum Gasteiger partial charge on any atom is 0.253 e. The van der Waals surface area contributed by atoms with Crippen LogP contribution in [0.1, 0.15) is 17.3 Å². The van der Waals surface area contributed by atoms with E-state index in [0.717, 1.165) is 5.56 Å². The van der Waals surface area contributed by atoms with Crippen molar-refractivity contribution in [3.63, 3.8) is 0 Å². The SMILES string of the molecule is CCN(CCO)C(=O)c1cccc(-c2nccnc2OC)c1. The molecule has 0 fully saturated rings. The number of ether oxygens (including phenoxy) is 1. The van der Waals surface area contributed by atoms with E-state index in [-0.39, 0.29) is 12.5 Å². The zero-order valence-corrected chi connectivity index (χ0v) is 12.7. The molecule has 0 unspecified atom stereocenters. The Hall–Kier alpha value is -2.47. The van der Waals surface area contributed by atoms with Crippen LogP contribution in [-0.2, 0) is 0 Å². The fourth-order valence-electron chi connectivity index (χ4n) is 2.18. The molecule has 0 radical (unpaired) electrons. The van der Waals surface area contributed by atoms with Crippen LogP contribution in [0.4, 0.5) is 0 Å². The number of rotatable bonds is 6. The molecule has 116 valence electrons. The first kappa shape index (κ1) is 15.9. The number of carbonyl (C=O) groups is 1. The monoisotopic (exact) mass is 301 g/mol. The number of carbonyl (C=O) groups excluding carboxylic acids is 1. The van der Waals surface area contributed by atoms with E-state index in [0.29, 0.717) is 30.2 Å². The van der Waals surface area contributed by atoms with Gasteiger partial charge in [0.1, 0.15) is 5.69 Å². The van der Waals surface area contributed by atoms with E-state index >= 15 is 0 Å². The molecule has 0 saturated carbocycles. The molecule has 1 heterocycles. The minimum absolute atomic E-state index is 0.0583. The van der Waals surface area contributed by atoms with Crippen LogP contribution in [0.15, 0.2) is 36.7 Å². The van der Waals surface area contributed by atoms with Crippen LogP contribution in [0.25, 0.3) is 11.3 Å². The summed E-state index contributed by atoms with van der Waals surface area (Å²) >= 11 is 0. The number of hydrogen-bond donors (Lipinski definition) is 1. The molecule has 0 aliphatic rings. The van der Waals surface area contributed by atoms with Gasteiger partial charge in [-0.05, 0) is 19.1 Å². The van der Waals surface area contributed by atoms with Gasteiger partial charge in [-0.1, -0.05) is 12.1 Å². The molecule has 0 atom stereocenters. The van der Waals surface area contributed by atoms with Gasteiger partial charge in [-0.3, -0.25) is 4.79 Å². The highest BCUT2D eigenvalue weighted by Gasteiger charge is 2.15. The number of aliphatic hydroxyl groups excluding tert-OH is 1. The predicted octanol–water partition coefficient (Wildman–Crippen LogP) is 1.61. The average molecular weight is 301 g/mol. The van der Waals surface area contributed by atoms with Crippen LogP contribution in [0.3, 0.4) is 0 Å². The first-order valence-electron chi connectivity index (χ1n) is 7.06. The van der Waals surface area contributed by atoms with Crippen molar-refractivity contribution in [1.29, 1.82) is 0 Å². The lowest BCUT2D eigenvalue weighted by atomic mass is 10.1. The second kappa shape index (κ2) is 7.51. The van der Waals surface area contributed by atoms with Crippen LogP contribution in [0.5, 0.6) is 5.88 Å². The van der Waals surface area contributed by atoms with Gasteiger partial charge >= 0.3 is 0 Å². The lowest BCUT2D eigenvalue weighted by molar-refractivity contribution is 0.0732. The molecular formula is C16H19N3O3. The van der Waals surface area contributed by atoms with Crippen molar-refractivity contribution in [2.75, 3.05) is 26.8 Å². The summed E-state index contributed by atoms with van der Waals surface area (Å²) < 4.78 is 5.21. The Morgan fingerprint density at radius 2 is 2.09 bits per heavy atom. The minimum atomic E-state index is -0.124. The van der Waals surface area contributed by atoms with Gasteiger partial charge in [0.05, 0.1) is 13.7 Å². The van der Waals surface area contributed by atoms with E-state index in [1.54, 1.807) is 35.5 Å². The first-order valence-corrected chi connectivity index (χ1v) is 7.06. The Morgan fingerprint density at radius 3 is 2.77 bits per heavy atom. The summed E-state index contributed by atoms with van der Waals surface area (Å²) in [6, 6.07) is 7.15. The van der Waals surface area contributed by atoms with Gasteiger partial charge in [0.2, 0.25) is 5.88 Å². The fraction of sp³-hybridized carbons (Fsp3) is 0.312. The number of nitrogens with zero attached hydrogens (tertiary/aromatic N) is 3. The number of aliphatic hydroxyl groups is 1. The molecule has 0 bridgehead atoms. The summed E-state index contributed by atoms with van der Waals surface area (Å²) in [4.78, 5) is 22.4. The Morgan fingerprint density at radius 1 is 1.32 bits per heavy atom. The normalized spacial score (nSPS) is 10.3. The van der Waals surface area contributed by atoms with Crippen LogP contribution < -0.4 is 4.74 Å². The molecule has 0 aliphatic carbocycles. The molecular weight excluding hydrogens is 282 g/mol. The third-order valence-corrected chi connectivity index (χ3v) is 3.28. The predicted molar refractivity (Wildman–Crippen MR) is 82.7 cm³/mol.